The van der Waals surface area contributed by atoms with E-state index in [0.29, 0.717) is 35.3 Å². The van der Waals surface area contributed by atoms with Crippen LogP contribution in [0.15, 0.2) is 128 Å². The Morgan fingerprint density at radius 2 is 0.644 bits per heavy atom. The van der Waals surface area contributed by atoms with E-state index in [0.717, 1.165) is 80.7 Å². The molecule has 0 unspecified atom stereocenters. The van der Waals surface area contributed by atoms with Gasteiger partial charge in [0.2, 0.25) is 38.5 Å². The summed E-state index contributed by atoms with van der Waals surface area (Å²) in [7, 11) is -17.7. The third-order valence-electron chi connectivity index (χ3n) is 19.2. The molecule has 0 bridgehead atoms. The van der Waals surface area contributed by atoms with Crippen LogP contribution in [0.1, 0.15) is 229 Å². The van der Waals surface area contributed by atoms with E-state index in [1.165, 1.54) is 67.4 Å². The van der Waals surface area contributed by atoms with E-state index in [2.05, 4.69) is 96.4 Å². The fraction of sp³-hybridized carbons (Fsp3) is 0.735. The van der Waals surface area contributed by atoms with Gasteiger partial charge in [-0.05, 0) is 214 Å². The fourth-order valence-corrected chi connectivity index (χ4v) is 29.8. The van der Waals surface area contributed by atoms with E-state index in [9.17, 15) is 74.5 Å². The van der Waals surface area contributed by atoms with Gasteiger partial charge in [-0.15, -0.1) is 13.2 Å². The third kappa shape index (κ3) is 107. The van der Waals surface area contributed by atoms with E-state index in [1.54, 1.807) is 99.3 Å². The van der Waals surface area contributed by atoms with Crippen LogP contribution in [-0.4, -0.2) is 266 Å². The minimum absolute atomic E-state index is 0. The van der Waals surface area contributed by atoms with Crippen LogP contribution in [0.3, 0.4) is 0 Å². The highest BCUT2D eigenvalue weighted by Crippen LogP contribution is 2.20. The molecule has 2 amide bonds. The SMILES string of the molecule is C.C.C.C.C.C.C.C.C.C.C.C.C.C.C.C.C.C.C.C.C.C.C.C.C=CCn1c(=O)n(CC=C)c(=O)n(CCC[Si](C)(C)OC)c1=O.CO[Si](C)(C)CCCN(C(C)=O)C(C)=O.CO[Si](C)(C)CCCNS(=O)(=O)c1ccccc1.CO[Si](C)(C)CCCS(C)(=O)=O.CO[Si](C)(C)CCS(C)(=O)=O.CO[Si](C)(C)CCc1ccc(S(C)(=O)=O)cc1.CO[Si](C)(C)CS(C)(=O)=O.CO[Si](C)(C)c1ccc(CS(C)(=O)=O)cc1. The molecule has 0 fully saturated rings. The van der Waals surface area contributed by atoms with Crippen molar-refractivity contribution in [3.63, 3.8) is 0 Å². The molecular formula is C102H249N5O25S6Si8. The standard InChI is InChI=1S/C15H25N3O4Si.C12H21NO3SSi.C12H20O3SSi.C11H18O3SSi.C10H21NO3Si.C7H18O3SSi.C6H16O3SSi.C5H14O3SSi.24CH4/c1-6-9-16-13(19)17(10-7-2)15(21)18(14(16)20)11-8-12-23(4,5)22-3;1-16-18(2,3)11-7-10-13-17(14,15)12-8-5-4-6-9-12;1-15-17(3,4)10-9-11-5-7-12(8-6-11)16(2,13)14;1-14-16(3,4)11-7-5-10(6-8-11)9-15(2,12)13;1-9(12)11(10(2)13)7-6-8-15(4,5)14-3;1-10-12(3,4)7-5-6-11(2,8)9;1-9-11(3,4)6-5-10(2,7)8;1-8-10(3,4)5-9(2,6)7;;;;;;;;;;;;;;;;;;;;;;;;/h6-7H,1-2,8-12H2,3-5H3;4-6,8-9,13H,7,10-11H2,1-3H3;5-8H,9-10H2,1-4H3;5-8H,9H2,1-4H3;6-8H2,1-5H3;5-7H2,1-4H3;5-6H2,1-4H3;5H2,1-4H3;24*1H4. The van der Waals surface area contributed by atoms with Crippen molar-refractivity contribution in [3.05, 3.63) is 147 Å². The highest BCUT2D eigenvalue weighted by atomic mass is 32.2. The summed E-state index contributed by atoms with van der Waals surface area (Å²) in [6, 6.07) is 28.6. The molecule has 0 aliphatic heterocycles. The van der Waals surface area contributed by atoms with Gasteiger partial charge in [-0.3, -0.25) is 14.5 Å². The number of aryl methyl sites for hydroxylation is 1. The van der Waals surface area contributed by atoms with Gasteiger partial charge in [0, 0.05) is 133 Å². The minimum atomic E-state index is -3.36. The number of nitrogens with one attached hydrogen (secondary N) is 1. The average Bonchev–Trinajstić information content (AvgIpc) is 0.782. The summed E-state index contributed by atoms with van der Waals surface area (Å²) in [6.45, 7) is 44.5. The number of allylic oxidation sites excluding steroid dienone is 2. The predicted octanol–water partition coefficient (Wildman–Crippen LogP) is 26.2. The van der Waals surface area contributed by atoms with Crippen LogP contribution in [0.5, 0.6) is 0 Å². The highest BCUT2D eigenvalue weighted by molar-refractivity contribution is 7.92. The van der Waals surface area contributed by atoms with E-state index >= 15 is 0 Å². The van der Waals surface area contributed by atoms with Gasteiger partial charge >= 0.3 is 17.1 Å². The Morgan fingerprint density at radius 3 is 0.932 bits per heavy atom. The van der Waals surface area contributed by atoms with Crippen molar-refractivity contribution in [2.75, 3.05) is 118 Å². The maximum absolute atomic E-state index is 12.4. The topological polar surface area (TPSA) is 394 Å². The number of rotatable bonds is 42. The summed E-state index contributed by atoms with van der Waals surface area (Å²) in [5.74, 6) is 0.272. The smallest absolute Gasteiger partial charge is 0.336 e. The summed E-state index contributed by atoms with van der Waals surface area (Å²) in [6.07, 6.45) is 13.1. The zero-order valence-electron chi connectivity index (χ0n) is 79.2. The predicted molar refractivity (Wildman–Crippen MR) is 681 cm³/mol. The Hall–Kier alpha value is -4.23. The fourth-order valence-electron chi connectivity index (χ4n) is 9.98. The molecule has 146 heavy (non-hydrogen) atoms. The second-order valence-corrected chi connectivity index (χ2v) is 82.3. The van der Waals surface area contributed by atoms with Gasteiger partial charge in [0.15, 0.2) is 69.6 Å². The first kappa shape index (κ1) is 217. The molecule has 0 spiro atoms. The maximum Gasteiger partial charge on any atom is 0.336 e. The number of benzene rings is 3. The van der Waals surface area contributed by atoms with Gasteiger partial charge in [-0.2, -0.15) is 0 Å². The Balaban J connectivity index is -0.0000000414. The molecule has 30 nitrogen and oxygen atoms in total. The lowest BCUT2D eigenvalue weighted by molar-refractivity contribution is -0.142. The quantitative estimate of drug-likeness (QED) is 0.0244. The molecule has 1 aromatic heterocycles. The second-order valence-electron chi connectivity index (χ2n) is 34.3. The second kappa shape index (κ2) is 100. The zero-order valence-corrected chi connectivity index (χ0v) is 92.1. The lowest BCUT2D eigenvalue weighted by Crippen LogP contribution is -2.54. The van der Waals surface area contributed by atoms with E-state index in [-0.39, 0.29) is 232 Å². The third-order valence-corrected chi connectivity index (χ3v) is 49.5. The largest absolute Gasteiger partial charge is 0.420 e. The molecule has 0 saturated heterocycles. The van der Waals surface area contributed by atoms with Gasteiger partial charge in [0.05, 0.1) is 34.0 Å². The maximum atomic E-state index is 12.4. The van der Waals surface area contributed by atoms with Crippen LogP contribution >= 0.6 is 0 Å². The number of hydrogen-bond acceptors (Lipinski definition) is 25. The van der Waals surface area contributed by atoms with Gasteiger partial charge in [-0.25, -0.2) is 83.3 Å². The van der Waals surface area contributed by atoms with E-state index < -0.39 is 143 Å². The first-order valence-corrected chi connectivity index (χ1v) is 76.1. The van der Waals surface area contributed by atoms with Gasteiger partial charge in [0.1, 0.15) is 29.5 Å². The molecule has 1 heterocycles. The van der Waals surface area contributed by atoms with Crippen LogP contribution in [0.25, 0.3) is 0 Å². The van der Waals surface area contributed by atoms with Crippen molar-refractivity contribution in [2.45, 2.75) is 400 Å². The van der Waals surface area contributed by atoms with E-state index in [4.69, 9.17) is 35.4 Å². The summed E-state index contributed by atoms with van der Waals surface area (Å²) >= 11 is 0. The first-order chi connectivity index (χ1) is 55.2. The molecule has 0 aliphatic rings. The van der Waals surface area contributed by atoms with Crippen LogP contribution < -0.4 is 27.0 Å². The van der Waals surface area contributed by atoms with Crippen molar-refractivity contribution in [1.82, 2.24) is 23.3 Å². The molecule has 44 heteroatoms. The van der Waals surface area contributed by atoms with Gasteiger partial charge in [-0.1, -0.05) is 245 Å². The first-order valence-electron chi connectivity index (χ1n) is 39.8. The van der Waals surface area contributed by atoms with Gasteiger partial charge < -0.3 is 35.4 Å². The average molecular weight is 2360 g/mol. The van der Waals surface area contributed by atoms with Crippen LogP contribution in [0.4, 0.5) is 0 Å². The number of carbonyl (C=O) groups is 2. The van der Waals surface area contributed by atoms with Crippen LogP contribution in [0.2, 0.25) is 141 Å². The number of amides is 2. The number of hydrogen-bond donors (Lipinski definition) is 1. The van der Waals surface area contributed by atoms with Crippen molar-refractivity contribution in [1.29, 1.82) is 0 Å². The van der Waals surface area contributed by atoms with Crippen molar-refractivity contribution >= 4 is 143 Å². The summed E-state index contributed by atoms with van der Waals surface area (Å²) in [5.41, 5.74) is 0.152. The lowest BCUT2D eigenvalue weighted by Gasteiger charge is -2.22. The lowest BCUT2D eigenvalue weighted by atomic mass is 10.2. The monoisotopic (exact) mass is 2360 g/mol. The number of carbonyl (C=O) groups excluding carboxylic acids is 2. The molecule has 900 valence electrons. The Labute approximate surface area is 919 Å². The Kier molecular flexibility index (Phi) is 149. The molecular weight excluding hydrogens is 2110 g/mol. The van der Waals surface area contributed by atoms with Crippen molar-refractivity contribution in [3.8, 4) is 0 Å². The number of imide groups is 1. The summed E-state index contributed by atoms with van der Waals surface area (Å²) < 4.78 is 182. The van der Waals surface area contributed by atoms with Crippen molar-refractivity contribution < 1.29 is 95.5 Å². The molecule has 4 rings (SSSR count). The summed E-state index contributed by atoms with van der Waals surface area (Å²) in [4.78, 5) is 61.2. The molecule has 0 radical (unpaired) electrons. The molecule has 3 aromatic carbocycles. The van der Waals surface area contributed by atoms with Crippen LogP contribution in [-0.2, 0) is 136 Å². The highest BCUT2D eigenvalue weighted by Gasteiger charge is 2.29. The molecule has 0 aliphatic carbocycles. The summed E-state index contributed by atoms with van der Waals surface area (Å²) in [5, 5.41) is 1.38. The molecule has 4 aromatic rings. The Morgan fingerprint density at radius 1 is 0.342 bits per heavy atom. The van der Waals surface area contributed by atoms with Gasteiger partial charge in [0.25, 0.3) is 0 Å². The number of aromatic nitrogens is 3. The minimum Gasteiger partial charge on any atom is -0.420 e. The normalized spacial score (nSPS) is 10.4. The van der Waals surface area contributed by atoms with Crippen LogP contribution in [0, 0.1) is 0 Å². The van der Waals surface area contributed by atoms with Crippen molar-refractivity contribution in [2.24, 2.45) is 0 Å². The number of sulfone groups is 5. The molecule has 0 atom stereocenters. The zero-order chi connectivity index (χ0) is 96.2. The number of nitrogens with zero attached hydrogens (tertiary/aromatic N) is 4. The number of sulfonamides is 1. The Bertz CT molecular complexity index is 4660. The molecule has 1 N–H and O–H groups in total. The molecule has 0 saturated carbocycles. The van der Waals surface area contributed by atoms with E-state index in [1.807, 2.05) is 62.6 Å².